The summed E-state index contributed by atoms with van der Waals surface area (Å²) in [5, 5.41) is 0. The molecule has 1 aromatic carbocycles. The molecule has 2 aliphatic rings. The number of hydrogen-bond acceptors (Lipinski definition) is 4. The van der Waals surface area contributed by atoms with Crippen LogP contribution in [0.25, 0.3) is 0 Å². The highest BCUT2D eigenvalue weighted by molar-refractivity contribution is 7.89. The van der Waals surface area contributed by atoms with Crippen molar-refractivity contribution < 1.29 is 17.9 Å². The Bertz CT molecular complexity index is 610. The summed E-state index contributed by atoms with van der Waals surface area (Å²) in [6.07, 6.45) is 1.66. The largest absolute Gasteiger partial charge is 0.492 e. The van der Waals surface area contributed by atoms with Crippen molar-refractivity contribution >= 4 is 10.0 Å². The van der Waals surface area contributed by atoms with E-state index in [1.165, 1.54) is 0 Å². The fraction of sp³-hybridized carbons (Fsp3) is 0.625. The number of benzene rings is 1. The second-order valence-electron chi connectivity index (χ2n) is 6.15. The molecule has 0 saturated carbocycles. The lowest BCUT2D eigenvalue weighted by atomic mass is 10.0. The van der Waals surface area contributed by atoms with Crippen molar-refractivity contribution in [1.82, 2.24) is 4.31 Å². The van der Waals surface area contributed by atoms with Crippen LogP contribution in [0.15, 0.2) is 24.3 Å². The number of nitrogens with zero attached hydrogens (tertiary/aromatic N) is 1. The van der Waals surface area contributed by atoms with Gasteiger partial charge in [-0.2, -0.15) is 4.31 Å². The lowest BCUT2D eigenvalue weighted by Crippen LogP contribution is -2.42. The third kappa shape index (κ3) is 3.45. The Hall–Kier alpha value is -1.11. The van der Waals surface area contributed by atoms with E-state index in [1.54, 1.807) is 4.31 Å². The van der Waals surface area contributed by atoms with E-state index in [2.05, 4.69) is 0 Å². The third-order valence-corrected chi connectivity index (χ3v) is 6.51. The van der Waals surface area contributed by atoms with E-state index in [0.29, 0.717) is 26.4 Å². The smallest absolute Gasteiger partial charge is 0.215 e. The number of ether oxygens (including phenoxy) is 2. The first kappa shape index (κ1) is 15.8. The molecule has 0 N–H and O–H groups in total. The van der Waals surface area contributed by atoms with Crippen LogP contribution in [0.1, 0.15) is 25.3 Å². The van der Waals surface area contributed by atoms with Gasteiger partial charge in [0, 0.05) is 25.3 Å². The maximum absolute atomic E-state index is 12.9. The summed E-state index contributed by atoms with van der Waals surface area (Å²) in [6, 6.07) is 7.51. The summed E-state index contributed by atoms with van der Waals surface area (Å²) in [6.45, 7) is 4.03. The SMILES string of the molecule is CC1COc2ccccc2CN1S(=O)(=O)CC1CCOCC1. The Morgan fingerprint density at radius 3 is 2.73 bits per heavy atom. The van der Waals surface area contributed by atoms with E-state index in [1.807, 2.05) is 31.2 Å². The zero-order chi connectivity index (χ0) is 15.6. The van der Waals surface area contributed by atoms with Crippen molar-refractivity contribution in [3.63, 3.8) is 0 Å². The fourth-order valence-corrected chi connectivity index (χ4v) is 5.14. The maximum Gasteiger partial charge on any atom is 0.215 e. The molecule has 1 unspecified atom stereocenters. The second kappa shape index (κ2) is 6.56. The molecule has 6 heteroatoms. The average Bonchev–Trinajstić information content (AvgIpc) is 2.68. The van der Waals surface area contributed by atoms with Crippen LogP contribution in [-0.4, -0.2) is 44.3 Å². The van der Waals surface area contributed by atoms with Gasteiger partial charge in [-0.25, -0.2) is 8.42 Å². The zero-order valence-electron chi connectivity index (χ0n) is 12.9. The van der Waals surface area contributed by atoms with E-state index < -0.39 is 10.0 Å². The van der Waals surface area contributed by atoms with E-state index in [-0.39, 0.29) is 17.7 Å². The van der Waals surface area contributed by atoms with Crippen molar-refractivity contribution in [2.24, 2.45) is 5.92 Å². The van der Waals surface area contributed by atoms with Gasteiger partial charge in [-0.05, 0) is 31.7 Å². The summed E-state index contributed by atoms with van der Waals surface area (Å²) < 4.78 is 38.4. The molecule has 0 radical (unpaired) electrons. The van der Waals surface area contributed by atoms with Crippen LogP contribution in [0.2, 0.25) is 0 Å². The van der Waals surface area contributed by atoms with E-state index in [9.17, 15) is 8.42 Å². The monoisotopic (exact) mass is 325 g/mol. The van der Waals surface area contributed by atoms with Gasteiger partial charge in [0.25, 0.3) is 0 Å². The van der Waals surface area contributed by atoms with Gasteiger partial charge in [-0.1, -0.05) is 18.2 Å². The van der Waals surface area contributed by atoms with Gasteiger partial charge < -0.3 is 9.47 Å². The molecular formula is C16H23NO4S. The van der Waals surface area contributed by atoms with Crippen LogP contribution < -0.4 is 4.74 Å². The average molecular weight is 325 g/mol. The van der Waals surface area contributed by atoms with Crippen molar-refractivity contribution in [2.45, 2.75) is 32.4 Å². The number of fused-ring (bicyclic) bond motifs is 1. The van der Waals surface area contributed by atoms with Crippen molar-refractivity contribution in [2.75, 3.05) is 25.6 Å². The van der Waals surface area contributed by atoms with Gasteiger partial charge in [-0.3, -0.25) is 0 Å². The van der Waals surface area contributed by atoms with E-state index >= 15 is 0 Å². The highest BCUT2D eigenvalue weighted by Gasteiger charge is 2.33. The molecule has 1 atom stereocenters. The first-order chi connectivity index (χ1) is 10.6. The predicted octanol–water partition coefficient (Wildman–Crippen LogP) is 2.03. The highest BCUT2D eigenvalue weighted by Crippen LogP contribution is 2.28. The molecule has 122 valence electrons. The molecule has 0 aliphatic carbocycles. The molecule has 0 aromatic heterocycles. The highest BCUT2D eigenvalue weighted by atomic mass is 32.2. The third-order valence-electron chi connectivity index (χ3n) is 4.41. The number of hydrogen-bond donors (Lipinski definition) is 0. The van der Waals surface area contributed by atoms with Gasteiger partial charge in [0.05, 0.1) is 11.8 Å². The van der Waals surface area contributed by atoms with Crippen LogP contribution >= 0.6 is 0 Å². The molecule has 0 bridgehead atoms. The first-order valence-corrected chi connectivity index (χ1v) is 9.45. The van der Waals surface area contributed by atoms with Crippen LogP contribution in [0, 0.1) is 5.92 Å². The van der Waals surface area contributed by atoms with Gasteiger partial charge in [0.15, 0.2) is 0 Å². The summed E-state index contributed by atoms with van der Waals surface area (Å²) in [4.78, 5) is 0. The summed E-state index contributed by atoms with van der Waals surface area (Å²) in [5.74, 6) is 1.20. The zero-order valence-corrected chi connectivity index (χ0v) is 13.7. The van der Waals surface area contributed by atoms with Crippen molar-refractivity contribution in [3.05, 3.63) is 29.8 Å². The second-order valence-corrected chi connectivity index (χ2v) is 8.11. The normalized spacial score (nSPS) is 24.3. The molecule has 3 rings (SSSR count). The molecule has 5 nitrogen and oxygen atoms in total. The summed E-state index contributed by atoms with van der Waals surface area (Å²) >= 11 is 0. The van der Waals surface area contributed by atoms with Gasteiger partial charge in [0.1, 0.15) is 12.4 Å². The van der Waals surface area contributed by atoms with Crippen molar-refractivity contribution in [1.29, 1.82) is 0 Å². The fourth-order valence-electron chi connectivity index (χ4n) is 3.07. The summed E-state index contributed by atoms with van der Waals surface area (Å²) in [5.41, 5.74) is 0.933. The molecular weight excluding hydrogens is 302 g/mol. The Morgan fingerprint density at radius 1 is 1.23 bits per heavy atom. The van der Waals surface area contributed by atoms with Crippen LogP contribution in [0.5, 0.6) is 5.75 Å². The Balaban J connectivity index is 1.79. The Labute approximate surface area is 132 Å². The minimum absolute atomic E-state index is 0.155. The van der Waals surface area contributed by atoms with Crippen molar-refractivity contribution in [3.8, 4) is 5.75 Å². The number of para-hydroxylation sites is 1. The number of rotatable bonds is 3. The molecule has 2 heterocycles. The Kier molecular flexibility index (Phi) is 4.70. The van der Waals surface area contributed by atoms with E-state index in [0.717, 1.165) is 24.2 Å². The Morgan fingerprint density at radius 2 is 1.95 bits per heavy atom. The minimum atomic E-state index is -3.30. The van der Waals surface area contributed by atoms with Crippen LogP contribution in [0.4, 0.5) is 0 Å². The molecule has 0 spiro atoms. The maximum atomic E-state index is 12.9. The van der Waals surface area contributed by atoms with Gasteiger partial charge in [-0.15, -0.1) is 0 Å². The molecule has 0 amide bonds. The van der Waals surface area contributed by atoms with E-state index in [4.69, 9.17) is 9.47 Å². The molecule has 1 fully saturated rings. The molecule has 22 heavy (non-hydrogen) atoms. The van der Waals surface area contributed by atoms with Gasteiger partial charge >= 0.3 is 0 Å². The minimum Gasteiger partial charge on any atom is -0.492 e. The lowest BCUT2D eigenvalue weighted by Gasteiger charge is -2.29. The standard InChI is InChI=1S/C16H23NO4S/c1-13-11-21-16-5-3-2-4-15(16)10-17(13)22(18,19)12-14-6-8-20-9-7-14/h2-5,13-14H,6-12H2,1H3. The predicted molar refractivity (Wildman–Crippen MR) is 84.3 cm³/mol. The molecule has 1 aromatic rings. The summed E-state index contributed by atoms with van der Waals surface area (Å²) in [7, 11) is -3.30. The molecule has 1 saturated heterocycles. The topological polar surface area (TPSA) is 55.8 Å². The first-order valence-electron chi connectivity index (χ1n) is 7.84. The van der Waals surface area contributed by atoms with Gasteiger partial charge in [0.2, 0.25) is 10.0 Å². The van der Waals surface area contributed by atoms with Crippen LogP contribution in [-0.2, 0) is 21.3 Å². The van der Waals surface area contributed by atoms with Crippen LogP contribution in [0.3, 0.4) is 0 Å². The lowest BCUT2D eigenvalue weighted by molar-refractivity contribution is 0.0719. The molecule has 2 aliphatic heterocycles. The number of sulfonamides is 1. The quantitative estimate of drug-likeness (QED) is 0.853.